The van der Waals surface area contributed by atoms with Crippen LogP contribution in [-0.2, 0) is 21.2 Å². The molecule has 6 heteroatoms. The summed E-state index contributed by atoms with van der Waals surface area (Å²) in [4.78, 5) is 12.6. The van der Waals surface area contributed by atoms with Crippen molar-refractivity contribution in [1.82, 2.24) is 5.32 Å². The molecule has 0 unspecified atom stereocenters. The third-order valence-electron chi connectivity index (χ3n) is 4.24. The molecular formula is C15H22N2O3S. The van der Waals surface area contributed by atoms with Crippen LogP contribution in [-0.4, -0.2) is 27.1 Å². The molecule has 1 aliphatic rings. The standard InChI is InChI=1S/C15H22N2O3S/c1-21(19,20)13-6-4-12(5-7-13)10-17-14(18)15(11-16)8-2-3-9-15/h4-7H,2-3,8-11,16H2,1H3,(H,17,18). The van der Waals surface area contributed by atoms with Crippen molar-refractivity contribution in [2.75, 3.05) is 12.8 Å². The van der Waals surface area contributed by atoms with E-state index in [9.17, 15) is 13.2 Å². The van der Waals surface area contributed by atoms with E-state index in [1.54, 1.807) is 24.3 Å². The summed E-state index contributed by atoms with van der Waals surface area (Å²) in [5.41, 5.74) is 6.24. The molecule has 3 N–H and O–H groups in total. The molecule has 1 amide bonds. The molecule has 1 aliphatic carbocycles. The third kappa shape index (κ3) is 3.63. The summed E-state index contributed by atoms with van der Waals surface area (Å²) in [7, 11) is -3.18. The zero-order chi connectivity index (χ0) is 15.5. The van der Waals surface area contributed by atoms with Gasteiger partial charge in [-0.15, -0.1) is 0 Å². The Kier molecular flexibility index (Phi) is 4.68. The fourth-order valence-electron chi connectivity index (χ4n) is 2.80. The second kappa shape index (κ2) is 6.15. The van der Waals surface area contributed by atoms with Gasteiger partial charge in [0.15, 0.2) is 9.84 Å². The van der Waals surface area contributed by atoms with Gasteiger partial charge in [-0.2, -0.15) is 0 Å². The lowest BCUT2D eigenvalue weighted by Crippen LogP contribution is -2.43. The van der Waals surface area contributed by atoms with Crippen molar-refractivity contribution < 1.29 is 13.2 Å². The normalized spacial score (nSPS) is 17.6. The fourth-order valence-corrected chi connectivity index (χ4v) is 3.43. The molecule has 2 rings (SSSR count). The van der Waals surface area contributed by atoms with Gasteiger partial charge in [0.2, 0.25) is 5.91 Å². The highest BCUT2D eigenvalue weighted by Crippen LogP contribution is 2.37. The van der Waals surface area contributed by atoms with Crippen LogP contribution in [0.3, 0.4) is 0 Å². The molecule has 0 saturated heterocycles. The summed E-state index contributed by atoms with van der Waals surface area (Å²) >= 11 is 0. The number of rotatable bonds is 5. The van der Waals surface area contributed by atoms with Crippen LogP contribution in [0.1, 0.15) is 31.2 Å². The minimum atomic E-state index is -3.18. The number of hydrogen-bond donors (Lipinski definition) is 2. The van der Waals surface area contributed by atoms with Gasteiger partial charge in [0, 0.05) is 19.3 Å². The molecule has 0 spiro atoms. The summed E-state index contributed by atoms with van der Waals surface area (Å²) in [6.45, 7) is 0.774. The van der Waals surface area contributed by atoms with Crippen molar-refractivity contribution in [3.05, 3.63) is 29.8 Å². The van der Waals surface area contributed by atoms with E-state index in [2.05, 4.69) is 5.32 Å². The van der Waals surface area contributed by atoms with Gasteiger partial charge in [0.1, 0.15) is 0 Å². The van der Waals surface area contributed by atoms with Gasteiger partial charge in [-0.25, -0.2) is 8.42 Å². The van der Waals surface area contributed by atoms with Crippen LogP contribution in [0.25, 0.3) is 0 Å². The highest BCUT2D eigenvalue weighted by Gasteiger charge is 2.39. The maximum atomic E-state index is 12.3. The van der Waals surface area contributed by atoms with Crippen molar-refractivity contribution in [1.29, 1.82) is 0 Å². The number of sulfone groups is 1. The highest BCUT2D eigenvalue weighted by atomic mass is 32.2. The Hall–Kier alpha value is -1.40. The first-order valence-electron chi connectivity index (χ1n) is 7.15. The quantitative estimate of drug-likeness (QED) is 0.856. The van der Waals surface area contributed by atoms with E-state index in [-0.39, 0.29) is 10.8 Å². The first kappa shape index (κ1) is 16.0. The largest absolute Gasteiger partial charge is 0.352 e. The maximum absolute atomic E-state index is 12.3. The van der Waals surface area contributed by atoms with Crippen molar-refractivity contribution >= 4 is 15.7 Å². The number of hydrogen-bond acceptors (Lipinski definition) is 4. The van der Waals surface area contributed by atoms with Gasteiger partial charge in [0.05, 0.1) is 10.3 Å². The van der Waals surface area contributed by atoms with Gasteiger partial charge >= 0.3 is 0 Å². The molecule has 21 heavy (non-hydrogen) atoms. The highest BCUT2D eigenvalue weighted by molar-refractivity contribution is 7.90. The lowest BCUT2D eigenvalue weighted by molar-refractivity contribution is -0.130. The van der Waals surface area contributed by atoms with E-state index in [4.69, 9.17) is 5.73 Å². The minimum Gasteiger partial charge on any atom is -0.352 e. The first-order chi connectivity index (χ1) is 9.87. The van der Waals surface area contributed by atoms with E-state index in [0.29, 0.717) is 13.1 Å². The maximum Gasteiger partial charge on any atom is 0.227 e. The predicted molar refractivity (Wildman–Crippen MR) is 81.4 cm³/mol. The third-order valence-corrected chi connectivity index (χ3v) is 5.37. The van der Waals surface area contributed by atoms with Crippen molar-refractivity contribution in [2.24, 2.45) is 11.1 Å². The van der Waals surface area contributed by atoms with Gasteiger partial charge in [-0.3, -0.25) is 4.79 Å². The van der Waals surface area contributed by atoms with Crippen molar-refractivity contribution in [3.8, 4) is 0 Å². The predicted octanol–water partition coefficient (Wildman–Crippen LogP) is 1.23. The van der Waals surface area contributed by atoms with Crippen LogP contribution in [0.5, 0.6) is 0 Å². The number of carbonyl (C=O) groups excluding carboxylic acids is 1. The second-order valence-corrected chi connectivity index (χ2v) is 7.81. The topological polar surface area (TPSA) is 89.3 Å². The second-order valence-electron chi connectivity index (χ2n) is 5.79. The molecule has 1 aromatic rings. The van der Waals surface area contributed by atoms with Crippen molar-refractivity contribution in [3.63, 3.8) is 0 Å². The SMILES string of the molecule is CS(=O)(=O)c1ccc(CNC(=O)C2(CN)CCCC2)cc1. The van der Waals surface area contributed by atoms with Crippen LogP contribution in [0.15, 0.2) is 29.2 Å². The van der Waals surface area contributed by atoms with Gasteiger partial charge in [-0.05, 0) is 30.5 Å². The van der Waals surface area contributed by atoms with Gasteiger partial charge < -0.3 is 11.1 Å². The lowest BCUT2D eigenvalue weighted by Gasteiger charge is -2.25. The molecule has 0 radical (unpaired) electrons. The van der Waals surface area contributed by atoms with Crippen molar-refractivity contribution in [2.45, 2.75) is 37.1 Å². The number of carbonyl (C=O) groups is 1. The van der Waals surface area contributed by atoms with E-state index in [1.165, 1.54) is 6.26 Å². The van der Waals surface area contributed by atoms with Gasteiger partial charge in [-0.1, -0.05) is 25.0 Å². The molecule has 1 fully saturated rings. The number of amides is 1. The summed E-state index contributed by atoms with van der Waals surface area (Å²) in [5, 5.41) is 2.92. The van der Waals surface area contributed by atoms with Crippen LogP contribution in [0.2, 0.25) is 0 Å². The Morgan fingerprint density at radius 3 is 2.29 bits per heavy atom. The number of benzene rings is 1. The Labute approximate surface area is 125 Å². The Bertz CT molecular complexity index is 602. The minimum absolute atomic E-state index is 0.00897. The van der Waals surface area contributed by atoms with Crippen LogP contribution < -0.4 is 11.1 Å². The molecule has 1 aromatic carbocycles. The molecular weight excluding hydrogens is 288 g/mol. The molecule has 5 nitrogen and oxygen atoms in total. The monoisotopic (exact) mass is 310 g/mol. The van der Waals surface area contributed by atoms with E-state index >= 15 is 0 Å². The van der Waals surface area contributed by atoms with Crippen LogP contribution in [0.4, 0.5) is 0 Å². The smallest absolute Gasteiger partial charge is 0.227 e. The number of nitrogens with two attached hydrogens (primary N) is 1. The molecule has 0 heterocycles. The molecule has 0 atom stereocenters. The molecule has 116 valence electrons. The molecule has 0 aromatic heterocycles. The number of nitrogens with one attached hydrogen (secondary N) is 1. The first-order valence-corrected chi connectivity index (χ1v) is 9.04. The van der Waals surface area contributed by atoms with Crippen LogP contribution >= 0.6 is 0 Å². The Morgan fingerprint density at radius 1 is 1.24 bits per heavy atom. The molecule has 0 bridgehead atoms. The lowest BCUT2D eigenvalue weighted by atomic mass is 9.85. The fraction of sp³-hybridized carbons (Fsp3) is 0.533. The Morgan fingerprint density at radius 2 is 1.81 bits per heavy atom. The van der Waals surface area contributed by atoms with E-state index < -0.39 is 15.3 Å². The van der Waals surface area contributed by atoms with Crippen LogP contribution in [0, 0.1) is 5.41 Å². The summed E-state index contributed by atoms with van der Waals surface area (Å²) in [6, 6.07) is 6.57. The molecule has 0 aliphatic heterocycles. The zero-order valence-electron chi connectivity index (χ0n) is 12.3. The summed E-state index contributed by atoms with van der Waals surface area (Å²) in [5.74, 6) is 0.00897. The van der Waals surface area contributed by atoms with E-state index in [1.807, 2.05) is 0 Å². The van der Waals surface area contributed by atoms with Gasteiger partial charge in [0.25, 0.3) is 0 Å². The zero-order valence-corrected chi connectivity index (χ0v) is 13.1. The van der Waals surface area contributed by atoms with E-state index in [0.717, 1.165) is 31.2 Å². The average Bonchev–Trinajstić information content (AvgIpc) is 2.94. The summed E-state index contributed by atoms with van der Waals surface area (Å²) in [6.07, 6.45) is 4.97. The summed E-state index contributed by atoms with van der Waals surface area (Å²) < 4.78 is 22.8. The average molecular weight is 310 g/mol. The molecule has 1 saturated carbocycles. The Balaban J connectivity index is 1.98.